The van der Waals surface area contributed by atoms with Crippen molar-refractivity contribution >= 4 is 45.0 Å². The molecule has 0 saturated heterocycles. The van der Waals surface area contributed by atoms with Gasteiger partial charge in [0.2, 0.25) is 5.91 Å². The Balaban J connectivity index is 1.70. The SMILES string of the molecule is COc1cccc(N(CC(=O)NCCSc2ccc(Cl)cc2)S(=O)(=O)c2ccccc2)c1. The van der Waals surface area contributed by atoms with Gasteiger partial charge in [0.15, 0.2) is 0 Å². The monoisotopic (exact) mass is 490 g/mol. The number of hydrogen-bond donors (Lipinski definition) is 1. The van der Waals surface area contributed by atoms with Gasteiger partial charge in [0.1, 0.15) is 12.3 Å². The summed E-state index contributed by atoms with van der Waals surface area (Å²) in [7, 11) is -2.45. The average molecular weight is 491 g/mol. The molecule has 3 rings (SSSR count). The van der Waals surface area contributed by atoms with Crippen molar-refractivity contribution < 1.29 is 17.9 Å². The summed E-state index contributed by atoms with van der Waals surface area (Å²) in [6, 6.07) is 22.1. The molecule has 0 aromatic heterocycles. The van der Waals surface area contributed by atoms with E-state index in [9.17, 15) is 13.2 Å². The second-order valence-corrected chi connectivity index (χ2v) is 10.1. The molecule has 0 saturated carbocycles. The van der Waals surface area contributed by atoms with Gasteiger partial charge < -0.3 is 10.1 Å². The first-order valence-corrected chi connectivity index (χ1v) is 12.6. The Labute approximate surface area is 197 Å². The van der Waals surface area contributed by atoms with Crippen LogP contribution in [0.5, 0.6) is 5.75 Å². The molecule has 168 valence electrons. The van der Waals surface area contributed by atoms with E-state index in [0.29, 0.717) is 28.8 Å². The zero-order valence-corrected chi connectivity index (χ0v) is 19.8. The molecule has 0 bridgehead atoms. The highest BCUT2D eigenvalue weighted by atomic mass is 35.5. The topological polar surface area (TPSA) is 75.7 Å². The molecule has 0 radical (unpaired) electrons. The van der Waals surface area contributed by atoms with E-state index in [4.69, 9.17) is 16.3 Å². The first-order chi connectivity index (χ1) is 15.4. The number of thioether (sulfide) groups is 1. The van der Waals surface area contributed by atoms with Crippen LogP contribution in [0.2, 0.25) is 5.02 Å². The summed E-state index contributed by atoms with van der Waals surface area (Å²) in [6.45, 7) is 0.0411. The Morgan fingerprint density at radius 2 is 1.75 bits per heavy atom. The van der Waals surface area contributed by atoms with Crippen LogP contribution in [0.15, 0.2) is 88.7 Å². The molecule has 3 aromatic carbocycles. The van der Waals surface area contributed by atoms with E-state index in [1.807, 2.05) is 24.3 Å². The lowest BCUT2D eigenvalue weighted by atomic mass is 10.3. The summed E-state index contributed by atoms with van der Waals surface area (Å²) in [6.07, 6.45) is 0. The predicted octanol–water partition coefficient (Wildman–Crippen LogP) is 4.45. The maximum absolute atomic E-state index is 13.3. The van der Waals surface area contributed by atoms with Gasteiger partial charge in [-0.3, -0.25) is 9.10 Å². The Bertz CT molecular complexity index is 1140. The Morgan fingerprint density at radius 3 is 2.44 bits per heavy atom. The van der Waals surface area contributed by atoms with Crippen molar-refractivity contribution in [2.75, 3.05) is 30.3 Å². The van der Waals surface area contributed by atoms with E-state index in [1.165, 1.54) is 19.2 Å². The fourth-order valence-corrected chi connectivity index (χ4v) is 5.21. The first-order valence-electron chi connectivity index (χ1n) is 9.77. The third-order valence-electron chi connectivity index (χ3n) is 4.47. The van der Waals surface area contributed by atoms with Crippen molar-refractivity contribution in [2.45, 2.75) is 9.79 Å². The van der Waals surface area contributed by atoms with Crippen LogP contribution < -0.4 is 14.4 Å². The zero-order chi connectivity index (χ0) is 23.0. The number of methoxy groups -OCH3 is 1. The van der Waals surface area contributed by atoms with Crippen LogP contribution in [0.3, 0.4) is 0 Å². The molecule has 9 heteroatoms. The Morgan fingerprint density at radius 1 is 1.03 bits per heavy atom. The van der Waals surface area contributed by atoms with Gasteiger partial charge in [-0.2, -0.15) is 0 Å². The van der Waals surface area contributed by atoms with Crippen molar-refractivity contribution in [3.05, 3.63) is 83.9 Å². The quantitative estimate of drug-likeness (QED) is 0.335. The summed E-state index contributed by atoms with van der Waals surface area (Å²) in [5.41, 5.74) is 0.346. The molecule has 0 aliphatic carbocycles. The molecule has 32 heavy (non-hydrogen) atoms. The van der Waals surface area contributed by atoms with Crippen LogP contribution in [0, 0.1) is 0 Å². The van der Waals surface area contributed by atoms with E-state index >= 15 is 0 Å². The number of nitrogens with one attached hydrogen (secondary N) is 1. The average Bonchev–Trinajstić information content (AvgIpc) is 2.82. The standard InChI is InChI=1S/C23H23ClN2O4S2/c1-30-20-7-5-6-19(16-20)26(32(28,29)22-8-3-2-4-9-22)17-23(27)25-14-15-31-21-12-10-18(24)11-13-21/h2-13,16H,14-15,17H2,1H3,(H,25,27). The van der Waals surface area contributed by atoms with Crippen molar-refractivity contribution in [2.24, 2.45) is 0 Å². The maximum atomic E-state index is 13.3. The molecule has 0 fully saturated rings. The van der Waals surface area contributed by atoms with Crippen LogP contribution in [0.4, 0.5) is 5.69 Å². The molecule has 1 amide bonds. The summed E-state index contributed by atoms with van der Waals surface area (Å²) < 4.78 is 32.9. The van der Waals surface area contributed by atoms with Crippen LogP contribution >= 0.6 is 23.4 Å². The van der Waals surface area contributed by atoms with Crippen LogP contribution in [0.1, 0.15) is 0 Å². The Hall–Kier alpha value is -2.68. The highest BCUT2D eigenvalue weighted by Gasteiger charge is 2.27. The van der Waals surface area contributed by atoms with Crippen LogP contribution in [-0.4, -0.2) is 40.3 Å². The molecule has 6 nitrogen and oxygen atoms in total. The lowest BCUT2D eigenvalue weighted by Gasteiger charge is -2.24. The fourth-order valence-electron chi connectivity index (χ4n) is 2.88. The summed E-state index contributed by atoms with van der Waals surface area (Å²) in [5.74, 6) is 0.734. The van der Waals surface area contributed by atoms with Gasteiger partial charge in [-0.15, -0.1) is 11.8 Å². The summed E-state index contributed by atoms with van der Waals surface area (Å²) >= 11 is 7.46. The van der Waals surface area contributed by atoms with Gasteiger partial charge in [0.05, 0.1) is 17.7 Å². The largest absolute Gasteiger partial charge is 0.497 e. The smallest absolute Gasteiger partial charge is 0.264 e. The van der Waals surface area contributed by atoms with E-state index in [2.05, 4.69) is 5.32 Å². The molecule has 0 aliphatic heterocycles. The van der Waals surface area contributed by atoms with Crippen molar-refractivity contribution in [1.82, 2.24) is 5.32 Å². The van der Waals surface area contributed by atoms with E-state index in [0.717, 1.165) is 9.20 Å². The number of ether oxygens (including phenoxy) is 1. The summed E-state index contributed by atoms with van der Waals surface area (Å²) in [5, 5.41) is 3.46. The molecule has 0 spiro atoms. The minimum atomic E-state index is -3.95. The number of benzene rings is 3. The maximum Gasteiger partial charge on any atom is 0.264 e. The third kappa shape index (κ3) is 6.41. The number of anilines is 1. The van der Waals surface area contributed by atoms with E-state index < -0.39 is 15.9 Å². The minimum Gasteiger partial charge on any atom is -0.497 e. The molecule has 0 unspecified atom stereocenters. The number of sulfonamides is 1. The molecule has 0 heterocycles. The van der Waals surface area contributed by atoms with Crippen molar-refractivity contribution in [3.63, 3.8) is 0 Å². The van der Waals surface area contributed by atoms with E-state index in [1.54, 1.807) is 54.2 Å². The highest BCUT2D eigenvalue weighted by molar-refractivity contribution is 7.99. The molecular weight excluding hydrogens is 468 g/mol. The van der Waals surface area contributed by atoms with Gasteiger partial charge in [-0.1, -0.05) is 35.9 Å². The molecule has 0 aliphatic rings. The molecule has 0 atom stereocenters. The van der Waals surface area contributed by atoms with Crippen LogP contribution in [0.25, 0.3) is 0 Å². The highest BCUT2D eigenvalue weighted by Crippen LogP contribution is 2.27. The molecule has 3 aromatic rings. The first kappa shape index (κ1) is 24.0. The zero-order valence-electron chi connectivity index (χ0n) is 17.4. The van der Waals surface area contributed by atoms with Crippen molar-refractivity contribution in [1.29, 1.82) is 0 Å². The second kappa shape index (κ2) is 11.3. The van der Waals surface area contributed by atoms with Crippen LogP contribution in [-0.2, 0) is 14.8 Å². The lowest BCUT2D eigenvalue weighted by Crippen LogP contribution is -2.41. The van der Waals surface area contributed by atoms with Gasteiger partial charge in [0.25, 0.3) is 10.0 Å². The second-order valence-electron chi connectivity index (χ2n) is 6.68. The third-order valence-corrected chi connectivity index (χ3v) is 7.52. The predicted molar refractivity (Wildman–Crippen MR) is 129 cm³/mol. The van der Waals surface area contributed by atoms with Gasteiger partial charge in [0, 0.05) is 28.3 Å². The van der Waals surface area contributed by atoms with Gasteiger partial charge in [-0.05, 0) is 48.5 Å². The number of amides is 1. The molecular formula is C23H23ClN2O4S2. The van der Waals surface area contributed by atoms with Gasteiger partial charge in [-0.25, -0.2) is 8.42 Å². The Kier molecular flexibility index (Phi) is 8.44. The number of nitrogens with zero attached hydrogens (tertiary/aromatic N) is 1. The normalized spacial score (nSPS) is 11.1. The van der Waals surface area contributed by atoms with Gasteiger partial charge >= 0.3 is 0 Å². The van der Waals surface area contributed by atoms with E-state index in [-0.39, 0.29) is 11.4 Å². The number of hydrogen-bond acceptors (Lipinski definition) is 5. The fraction of sp³-hybridized carbons (Fsp3) is 0.174. The summed E-state index contributed by atoms with van der Waals surface area (Å²) in [4.78, 5) is 13.8. The lowest BCUT2D eigenvalue weighted by molar-refractivity contribution is -0.119. The number of rotatable bonds is 10. The minimum absolute atomic E-state index is 0.105. The number of carbonyl (C=O) groups excluding carboxylic acids is 1. The number of carbonyl (C=O) groups is 1. The van der Waals surface area contributed by atoms with Crippen molar-refractivity contribution in [3.8, 4) is 5.75 Å². The number of halogens is 1. The molecule has 1 N–H and O–H groups in total.